The Balaban J connectivity index is 1.25. The quantitative estimate of drug-likeness (QED) is 0.119. The topological polar surface area (TPSA) is 168 Å². The van der Waals surface area contributed by atoms with Gasteiger partial charge in [0.05, 0.1) is 24.7 Å². The van der Waals surface area contributed by atoms with Crippen LogP contribution in [0.4, 0.5) is 10.1 Å². The van der Waals surface area contributed by atoms with E-state index in [2.05, 4.69) is 0 Å². The van der Waals surface area contributed by atoms with E-state index in [0.717, 1.165) is 12.1 Å². The summed E-state index contributed by atoms with van der Waals surface area (Å²) in [6.45, 7) is -0.540. The molecule has 2 saturated heterocycles. The van der Waals surface area contributed by atoms with Gasteiger partial charge in [0.15, 0.2) is 5.78 Å². The number of aliphatic hydroxyl groups excluding tert-OH is 5. The Morgan fingerprint density at radius 3 is 2.15 bits per heavy atom. The van der Waals surface area contributed by atoms with Gasteiger partial charge in [0, 0.05) is 23.2 Å². The van der Waals surface area contributed by atoms with E-state index in [1.807, 2.05) is 0 Å². The highest BCUT2D eigenvalue weighted by Crippen LogP contribution is 2.48. The Kier molecular flexibility index (Phi) is 9.20. The van der Waals surface area contributed by atoms with Crippen molar-refractivity contribution in [2.45, 2.75) is 49.1 Å². The van der Waals surface area contributed by atoms with E-state index < -0.39 is 72.7 Å². The molecule has 2 aliphatic heterocycles. The van der Waals surface area contributed by atoms with Crippen molar-refractivity contribution in [3.63, 3.8) is 0 Å². The number of phenolic OH excluding ortho intramolecular Hbond substituents is 1. The summed E-state index contributed by atoms with van der Waals surface area (Å²) in [5, 5.41) is 62.7. The van der Waals surface area contributed by atoms with Gasteiger partial charge in [-0.3, -0.25) is 9.59 Å². The number of Topliss-reactive ketones (excluding diaryl/α,β-unsaturated/α-hetero) is 1. The summed E-state index contributed by atoms with van der Waals surface area (Å²) in [5.41, 5.74) is 2.94. The van der Waals surface area contributed by atoms with E-state index in [1.165, 1.54) is 23.1 Å². The Morgan fingerprint density at radius 2 is 1.51 bits per heavy atom. The smallest absolute Gasteiger partial charge is 0.235 e. The number of rotatable bonds is 9. The number of para-hydroxylation sites is 1. The van der Waals surface area contributed by atoms with Crippen LogP contribution in [-0.4, -0.2) is 79.5 Å². The third-order valence-electron chi connectivity index (χ3n) is 8.96. The largest absolute Gasteiger partial charge is 0.508 e. The lowest BCUT2D eigenvalue weighted by Crippen LogP contribution is -2.59. The molecule has 10 nitrogen and oxygen atoms in total. The number of carbonyl (C=O) groups is 2. The van der Waals surface area contributed by atoms with Crippen molar-refractivity contribution in [2.24, 2.45) is 5.92 Å². The fourth-order valence-corrected chi connectivity index (χ4v) is 6.38. The SMILES string of the molecule is O=C(CC(O)[C@H]1C(=O)N(c2ccccc2)[C@@H]1c1ccc(-c2ccc(C3O[C@H](CO)[C@@H](O)[C@H](O)[C@H]3O)cc2)cc1O)c1ccc(F)cc1. The minimum Gasteiger partial charge on any atom is -0.508 e. The van der Waals surface area contributed by atoms with E-state index in [0.29, 0.717) is 27.9 Å². The van der Waals surface area contributed by atoms with Gasteiger partial charge in [-0.2, -0.15) is 0 Å². The number of aliphatic hydroxyl groups is 5. The molecule has 2 aliphatic rings. The first-order valence-corrected chi connectivity index (χ1v) is 15.2. The molecule has 0 saturated carbocycles. The van der Waals surface area contributed by atoms with E-state index in [-0.39, 0.29) is 17.7 Å². The first-order chi connectivity index (χ1) is 22.6. The summed E-state index contributed by atoms with van der Waals surface area (Å²) in [4.78, 5) is 27.8. The maximum absolute atomic E-state index is 13.5. The number of hydrogen-bond donors (Lipinski definition) is 6. The van der Waals surface area contributed by atoms with Gasteiger partial charge in [0.1, 0.15) is 42.1 Å². The standard InChI is InChI=1S/C36H34FNO9/c37-23-13-10-20(11-14-23)26(40)17-28(42)30-31(38(36(30)46)24-4-2-1-3-5-24)25-15-12-22(16-27(25)41)19-6-8-21(9-7-19)35-34(45)33(44)32(43)29(18-39)47-35/h1-16,28-35,39,41-45H,17-18H2/t28?,29-,30-,31-,32-,33+,34-,35?/m1/s1. The molecule has 0 radical (unpaired) electrons. The van der Waals surface area contributed by atoms with Crippen molar-refractivity contribution >= 4 is 17.4 Å². The summed E-state index contributed by atoms with van der Waals surface area (Å²) in [5.74, 6) is -2.53. The molecule has 2 fully saturated rings. The predicted octanol–water partition coefficient (Wildman–Crippen LogP) is 3.05. The number of benzene rings is 4. The minimum absolute atomic E-state index is 0.138. The molecule has 244 valence electrons. The number of amides is 1. The van der Waals surface area contributed by atoms with Gasteiger partial charge in [-0.05, 0) is 59.2 Å². The second-order valence-corrected chi connectivity index (χ2v) is 11.9. The van der Waals surface area contributed by atoms with Crippen molar-refractivity contribution in [1.82, 2.24) is 0 Å². The summed E-state index contributed by atoms with van der Waals surface area (Å²) >= 11 is 0. The monoisotopic (exact) mass is 643 g/mol. The third-order valence-corrected chi connectivity index (χ3v) is 8.96. The zero-order valence-corrected chi connectivity index (χ0v) is 25.0. The molecule has 6 rings (SSSR count). The molecule has 6 N–H and O–H groups in total. The van der Waals surface area contributed by atoms with Crippen LogP contribution >= 0.6 is 0 Å². The molecule has 0 bridgehead atoms. The van der Waals surface area contributed by atoms with Crippen molar-refractivity contribution < 1.29 is 49.4 Å². The van der Waals surface area contributed by atoms with Gasteiger partial charge in [0.25, 0.3) is 0 Å². The maximum atomic E-state index is 13.5. The van der Waals surface area contributed by atoms with Crippen LogP contribution in [0.5, 0.6) is 5.75 Å². The van der Waals surface area contributed by atoms with E-state index in [1.54, 1.807) is 66.7 Å². The molecule has 0 aliphatic carbocycles. The van der Waals surface area contributed by atoms with Crippen molar-refractivity contribution in [1.29, 1.82) is 0 Å². The molecule has 47 heavy (non-hydrogen) atoms. The highest BCUT2D eigenvalue weighted by molar-refractivity contribution is 6.05. The number of halogens is 1. The van der Waals surface area contributed by atoms with Crippen LogP contribution in [0.15, 0.2) is 97.1 Å². The van der Waals surface area contributed by atoms with Gasteiger partial charge >= 0.3 is 0 Å². The fourth-order valence-electron chi connectivity index (χ4n) is 6.38. The Morgan fingerprint density at radius 1 is 0.851 bits per heavy atom. The van der Waals surface area contributed by atoms with Crippen molar-refractivity contribution in [3.8, 4) is 16.9 Å². The number of hydrogen-bond acceptors (Lipinski definition) is 9. The van der Waals surface area contributed by atoms with Crippen LogP contribution in [0.1, 0.15) is 40.1 Å². The zero-order chi connectivity index (χ0) is 33.4. The molecule has 4 aromatic rings. The van der Waals surface area contributed by atoms with Crippen LogP contribution in [0.3, 0.4) is 0 Å². The van der Waals surface area contributed by atoms with Gasteiger partial charge in [-0.1, -0.05) is 54.6 Å². The van der Waals surface area contributed by atoms with Gasteiger partial charge in [-0.25, -0.2) is 4.39 Å². The normalized spacial score (nSPS) is 26.5. The van der Waals surface area contributed by atoms with Crippen molar-refractivity contribution in [2.75, 3.05) is 11.5 Å². The molecule has 2 heterocycles. The first kappa shape index (κ1) is 32.5. The van der Waals surface area contributed by atoms with Gasteiger partial charge < -0.3 is 40.3 Å². The Labute approximate surface area is 269 Å². The number of ether oxygens (including phenoxy) is 1. The van der Waals surface area contributed by atoms with E-state index >= 15 is 0 Å². The lowest BCUT2D eigenvalue weighted by atomic mass is 9.76. The molecule has 4 aromatic carbocycles. The summed E-state index contributed by atoms with van der Waals surface area (Å²) in [7, 11) is 0. The van der Waals surface area contributed by atoms with Crippen LogP contribution < -0.4 is 4.90 Å². The summed E-state index contributed by atoms with van der Waals surface area (Å²) in [6, 6.07) is 24.7. The number of nitrogens with zero attached hydrogens (tertiary/aromatic N) is 1. The minimum atomic E-state index is -1.51. The molecule has 11 heteroatoms. The molecular formula is C36H34FNO9. The number of ketones is 1. The number of β-lactam (4-membered cyclic amide) rings is 1. The Bertz CT molecular complexity index is 1730. The second kappa shape index (κ2) is 13.3. The number of carbonyl (C=O) groups excluding carboxylic acids is 2. The molecule has 0 spiro atoms. The van der Waals surface area contributed by atoms with Crippen LogP contribution in [0, 0.1) is 11.7 Å². The molecule has 2 unspecified atom stereocenters. The highest BCUT2D eigenvalue weighted by Gasteiger charge is 2.53. The molecule has 1 amide bonds. The van der Waals surface area contributed by atoms with E-state index in [4.69, 9.17) is 4.74 Å². The third kappa shape index (κ3) is 6.17. The van der Waals surface area contributed by atoms with E-state index in [9.17, 15) is 44.6 Å². The van der Waals surface area contributed by atoms with Crippen molar-refractivity contribution in [3.05, 3.63) is 120 Å². The lowest BCUT2D eigenvalue weighted by Gasteiger charge is -2.49. The first-order valence-electron chi connectivity index (χ1n) is 15.2. The molecule has 8 atom stereocenters. The second-order valence-electron chi connectivity index (χ2n) is 11.9. The number of anilines is 1. The van der Waals surface area contributed by atoms with Gasteiger partial charge in [-0.15, -0.1) is 0 Å². The maximum Gasteiger partial charge on any atom is 0.235 e. The fraction of sp³-hybridized carbons (Fsp3) is 0.278. The molecular weight excluding hydrogens is 609 g/mol. The highest BCUT2D eigenvalue weighted by atomic mass is 19.1. The predicted molar refractivity (Wildman–Crippen MR) is 168 cm³/mol. The van der Waals surface area contributed by atoms with Gasteiger partial charge in [0.2, 0.25) is 5.91 Å². The van der Waals surface area contributed by atoms with Crippen LogP contribution in [0.25, 0.3) is 11.1 Å². The molecule has 0 aromatic heterocycles. The lowest BCUT2D eigenvalue weighted by molar-refractivity contribution is -0.231. The van der Waals surface area contributed by atoms with Crippen LogP contribution in [-0.2, 0) is 9.53 Å². The number of aromatic hydroxyl groups is 1. The average Bonchev–Trinajstić information content (AvgIpc) is 3.07. The Hall–Kier alpha value is -4.49. The number of phenols is 1. The summed E-state index contributed by atoms with van der Waals surface area (Å²) in [6.07, 6.45) is -8.18. The van der Waals surface area contributed by atoms with Crippen LogP contribution in [0.2, 0.25) is 0 Å². The summed E-state index contributed by atoms with van der Waals surface area (Å²) < 4.78 is 19.0. The zero-order valence-electron chi connectivity index (χ0n) is 25.0. The average molecular weight is 644 g/mol.